The van der Waals surface area contributed by atoms with E-state index in [2.05, 4.69) is 48.6 Å². The number of benzene rings is 1. The van der Waals surface area contributed by atoms with Gasteiger partial charge >= 0.3 is 0 Å². The molecule has 2 heteroatoms. The number of hydrogen-bond donors (Lipinski definition) is 1. The maximum atomic E-state index is 8.75. The standard InChI is InChI=1S/C15H20N2/c1-13(14-5-3-2-4-6-14)11-17-12-15(7-8-15)9-10-16/h2-6,13,17H,7-9,11-12H2,1H3. The maximum absolute atomic E-state index is 8.75. The van der Waals surface area contributed by atoms with Crippen LogP contribution in [0, 0.1) is 16.7 Å². The molecular formula is C15H20N2. The highest BCUT2D eigenvalue weighted by Gasteiger charge is 2.41. The molecule has 1 aliphatic carbocycles. The van der Waals surface area contributed by atoms with E-state index < -0.39 is 0 Å². The van der Waals surface area contributed by atoms with Crippen molar-refractivity contribution in [3.05, 3.63) is 35.9 Å². The van der Waals surface area contributed by atoms with E-state index in [4.69, 9.17) is 5.26 Å². The fourth-order valence-corrected chi connectivity index (χ4v) is 2.21. The SMILES string of the molecule is CC(CNCC1(CC#N)CC1)c1ccccc1. The second-order valence-corrected chi connectivity index (χ2v) is 5.28. The van der Waals surface area contributed by atoms with Crippen LogP contribution in [-0.2, 0) is 0 Å². The third-order valence-electron chi connectivity index (χ3n) is 3.73. The minimum absolute atomic E-state index is 0.311. The molecule has 90 valence electrons. The van der Waals surface area contributed by atoms with E-state index in [1.807, 2.05) is 0 Å². The van der Waals surface area contributed by atoms with Crippen LogP contribution < -0.4 is 5.32 Å². The summed E-state index contributed by atoms with van der Waals surface area (Å²) in [6, 6.07) is 12.9. The zero-order valence-corrected chi connectivity index (χ0v) is 10.4. The molecule has 2 rings (SSSR count). The smallest absolute Gasteiger partial charge is 0.0628 e. The minimum Gasteiger partial charge on any atom is -0.316 e. The van der Waals surface area contributed by atoms with E-state index in [0.29, 0.717) is 17.8 Å². The summed E-state index contributed by atoms with van der Waals surface area (Å²) in [5, 5.41) is 12.3. The van der Waals surface area contributed by atoms with Crippen molar-refractivity contribution in [1.82, 2.24) is 5.32 Å². The van der Waals surface area contributed by atoms with E-state index >= 15 is 0 Å². The van der Waals surface area contributed by atoms with Gasteiger partial charge in [0.2, 0.25) is 0 Å². The van der Waals surface area contributed by atoms with Crippen LogP contribution in [0.4, 0.5) is 0 Å². The summed E-state index contributed by atoms with van der Waals surface area (Å²) in [5.74, 6) is 0.536. The van der Waals surface area contributed by atoms with Crippen LogP contribution in [0.25, 0.3) is 0 Å². The molecule has 0 radical (unpaired) electrons. The Kier molecular flexibility index (Phi) is 3.81. The van der Waals surface area contributed by atoms with Gasteiger partial charge in [0.05, 0.1) is 6.07 Å². The third-order valence-corrected chi connectivity index (χ3v) is 3.73. The predicted octanol–water partition coefficient (Wildman–Crippen LogP) is 3.07. The van der Waals surface area contributed by atoms with E-state index in [9.17, 15) is 0 Å². The highest BCUT2D eigenvalue weighted by Crippen LogP contribution is 2.47. The Morgan fingerprint density at radius 1 is 1.35 bits per heavy atom. The molecule has 1 unspecified atom stereocenters. The fraction of sp³-hybridized carbons (Fsp3) is 0.533. The zero-order valence-electron chi connectivity index (χ0n) is 10.4. The van der Waals surface area contributed by atoms with Crippen molar-refractivity contribution in [3.8, 4) is 6.07 Å². The number of nitrogens with one attached hydrogen (secondary N) is 1. The molecule has 1 aromatic rings. The zero-order chi connectivity index (χ0) is 12.1. The maximum Gasteiger partial charge on any atom is 0.0628 e. The lowest BCUT2D eigenvalue weighted by atomic mass is 10.00. The molecule has 0 amide bonds. The van der Waals surface area contributed by atoms with Crippen molar-refractivity contribution >= 4 is 0 Å². The average molecular weight is 228 g/mol. The molecule has 1 saturated carbocycles. The van der Waals surface area contributed by atoms with Crippen LogP contribution in [0.5, 0.6) is 0 Å². The second-order valence-electron chi connectivity index (χ2n) is 5.28. The lowest BCUT2D eigenvalue weighted by Crippen LogP contribution is -2.27. The monoisotopic (exact) mass is 228 g/mol. The molecular weight excluding hydrogens is 208 g/mol. The lowest BCUT2D eigenvalue weighted by molar-refractivity contribution is 0.457. The molecule has 0 aromatic heterocycles. The minimum atomic E-state index is 0.311. The topological polar surface area (TPSA) is 35.8 Å². The molecule has 0 saturated heterocycles. The van der Waals surface area contributed by atoms with Crippen molar-refractivity contribution in [2.75, 3.05) is 13.1 Å². The first-order valence-corrected chi connectivity index (χ1v) is 6.38. The van der Waals surface area contributed by atoms with E-state index in [0.717, 1.165) is 13.1 Å². The van der Waals surface area contributed by atoms with Crippen LogP contribution >= 0.6 is 0 Å². The normalized spacial score (nSPS) is 18.4. The molecule has 1 atom stereocenters. The highest BCUT2D eigenvalue weighted by atomic mass is 14.9. The molecule has 2 nitrogen and oxygen atoms in total. The molecule has 1 fully saturated rings. The Labute approximate surface area is 104 Å². The summed E-state index contributed by atoms with van der Waals surface area (Å²) >= 11 is 0. The molecule has 0 aliphatic heterocycles. The quantitative estimate of drug-likeness (QED) is 0.812. The Bertz CT molecular complexity index is 387. The average Bonchev–Trinajstić information content (AvgIpc) is 3.11. The summed E-state index contributed by atoms with van der Waals surface area (Å²) in [4.78, 5) is 0. The van der Waals surface area contributed by atoms with Crippen molar-refractivity contribution in [1.29, 1.82) is 5.26 Å². The van der Waals surface area contributed by atoms with Crippen molar-refractivity contribution in [2.45, 2.75) is 32.1 Å². The van der Waals surface area contributed by atoms with Crippen LogP contribution in [0.3, 0.4) is 0 Å². The van der Waals surface area contributed by atoms with Gasteiger partial charge in [-0.05, 0) is 29.7 Å². The second kappa shape index (κ2) is 5.33. The number of nitrogens with zero attached hydrogens (tertiary/aromatic N) is 1. The lowest BCUT2D eigenvalue weighted by Gasteiger charge is -2.16. The van der Waals surface area contributed by atoms with E-state index in [1.165, 1.54) is 18.4 Å². The van der Waals surface area contributed by atoms with Crippen LogP contribution in [0.15, 0.2) is 30.3 Å². The summed E-state index contributed by atoms with van der Waals surface area (Å²) in [7, 11) is 0. The molecule has 1 N–H and O–H groups in total. The molecule has 1 aromatic carbocycles. The van der Waals surface area contributed by atoms with Gasteiger partial charge < -0.3 is 5.32 Å². The highest BCUT2D eigenvalue weighted by molar-refractivity contribution is 5.19. The van der Waals surface area contributed by atoms with Gasteiger partial charge in [-0.2, -0.15) is 5.26 Å². The molecule has 0 spiro atoms. The van der Waals surface area contributed by atoms with E-state index in [-0.39, 0.29) is 0 Å². The first-order chi connectivity index (χ1) is 8.26. The summed E-state index contributed by atoms with van der Waals surface area (Å²) < 4.78 is 0. The third kappa shape index (κ3) is 3.31. The Morgan fingerprint density at radius 3 is 2.65 bits per heavy atom. The predicted molar refractivity (Wildman–Crippen MR) is 69.6 cm³/mol. The molecule has 1 aliphatic rings. The summed E-state index contributed by atoms with van der Waals surface area (Å²) in [6.07, 6.45) is 3.14. The largest absolute Gasteiger partial charge is 0.316 e. The van der Waals surface area contributed by atoms with Gasteiger partial charge in [0.25, 0.3) is 0 Å². The van der Waals surface area contributed by atoms with Crippen molar-refractivity contribution in [2.24, 2.45) is 5.41 Å². The van der Waals surface area contributed by atoms with E-state index in [1.54, 1.807) is 0 Å². The summed E-state index contributed by atoms with van der Waals surface area (Å²) in [6.45, 7) is 4.24. The van der Waals surface area contributed by atoms with Crippen LogP contribution in [0.1, 0.15) is 37.7 Å². The van der Waals surface area contributed by atoms with Crippen LogP contribution in [-0.4, -0.2) is 13.1 Å². The number of rotatable bonds is 6. The first kappa shape index (κ1) is 12.1. The van der Waals surface area contributed by atoms with Gasteiger partial charge in [-0.3, -0.25) is 0 Å². The molecule has 0 heterocycles. The first-order valence-electron chi connectivity index (χ1n) is 6.38. The Morgan fingerprint density at radius 2 is 2.06 bits per heavy atom. The summed E-state index contributed by atoms with van der Waals surface area (Å²) in [5.41, 5.74) is 1.69. The number of nitriles is 1. The van der Waals surface area contributed by atoms with Crippen LogP contribution in [0.2, 0.25) is 0 Å². The Hall–Kier alpha value is -1.33. The molecule has 0 bridgehead atoms. The van der Waals surface area contributed by atoms with Crippen molar-refractivity contribution in [3.63, 3.8) is 0 Å². The van der Waals surface area contributed by atoms with Gasteiger partial charge in [0, 0.05) is 19.5 Å². The van der Waals surface area contributed by atoms with Gasteiger partial charge in [-0.1, -0.05) is 37.3 Å². The Balaban J connectivity index is 1.74. The number of hydrogen-bond acceptors (Lipinski definition) is 2. The fourth-order valence-electron chi connectivity index (χ4n) is 2.21. The van der Waals surface area contributed by atoms with Gasteiger partial charge in [0.1, 0.15) is 0 Å². The van der Waals surface area contributed by atoms with Gasteiger partial charge in [-0.15, -0.1) is 0 Å². The van der Waals surface area contributed by atoms with Crippen molar-refractivity contribution < 1.29 is 0 Å². The molecule has 17 heavy (non-hydrogen) atoms. The van der Waals surface area contributed by atoms with Gasteiger partial charge in [0.15, 0.2) is 0 Å². The van der Waals surface area contributed by atoms with Gasteiger partial charge in [-0.25, -0.2) is 0 Å².